The highest BCUT2D eigenvalue weighted by Gasteiger charge is 2.30. The zero-order valence-electron chi connectivity index (χ0n) is 13.5. The predicted molar refractivity (Wildman–Crippen MR) is 93.2 cm³/mol. The Morgan fingerprint density at radius 1 is 1.08 bits per heavy atom. The van der Waals surface area contributed by atoms with Crippen LogP contribution in [0.4, 0.5) is 4.79 Å². The van der Waals surface area contributed by atoms with E-state index in [0.717, 1.165) is 11.1 Å². The molecule has 0 fully saturated rings. The van der Waals surface area contributed by atoms with Crippen molar-refractivity contribution in [1.82, 2.24) is 4.90 Å². The molecule has 1 amide bonds. The van der Waals surface area contributed by atoms with Gasteiger partial charge in [0.25, 0.3) is 0 Å². The lowest BCUT2D eigenvalue weighted by Crippen LogP contribution is -2.39. The van der Waals surface area contributed by atoms with Crippen molar-refractivity contribution in [2.45, 2.75) is 18.9 Å². The molecule has 1 atom stereocenters. The maximum atomic E-state index is 12.2. The molecule has 1 aliphatic carbocycles. The predicted octanol–water partition coefficient (Wildman–Crippen LogP) is 4.02. The second-order valence-corrected chi connectivity index (χ2v) is 6.27. The second kappa shape index (κ2) is 6.65. The summed E-state index contributed by atoms with van der Waals surface area (Å²) < 4.78 is 5.45. The van der Waals surface area contributed by atoms with Gasteiger partial charge in [0.2, 0.25) is 5.24 Å². The summed E-state index contributed by atoms with van der Waals surface area (Å²) >= 11 is 5.44. The Bertz CT molecular complexity index is 744. The molecular weight excluding hydrogens is 326 g/mol. The third kappa shape index (κ3) is 2.89. The van der Waals surface area contributed by atoms with E-state index in [1.807, 2.05) is 24.3 Å². The topological polar surface area (TPSA) is 46.6 Å². The van der Waals surface area contributed by atoms with Gasteiger partial charge in [0.05, 0.1) is 0 Å². The molecule has 5 heteroatoms. The molecule has 2 aromatic carbocycles. The summed E-state index contributed by atoms with van der Waals surface area (Å²) in [6.07, 6.45) is -0.557. The summed E-state index contributed by atoms with van der Waals surface area (Å²) in [7, 11) is 1.50. The van der Waals surface area contributed by atoms with E-state index < -0.39 is 17.4 Å². The van der Waals surface area contributed by atoms with Gasteiger partial charge in [-0.25, -0.2) is 4.79 Å². The van der Waals surface area contributed by atoms with Crippen molar-refractivity contribution in [3.05, 3.63) is 59.7 Å². The molecule has 0 aliphatic heterocycles. The fourth-order valence-corrected chi connectivity index (χ4v) is 3.15. The van der Waals surface area contributed by atoms with Crippen molar-refractivity contribution in [3.8, 4) is 11.1 Å². The van der Waals surface area contributed by atoms with E-state index >= 15 is 0 Å². The largest absolute Gasteiger partial charge is 0.448 e. The molecule has 0 N–H and O–H groups in total. The molecule has 0 spiro atoms. The molecule has 4 nitrogen and oxygen atoms in total. The summed E-state index contributed by atoms with van der Waals surface area (Å²) in [6, 6.07) is 15.5. The normalized spacial score (nSPS) is 13.8. The van der Waals surface area contributed by atoms with Gasteiger partial charge in [-0.1, -0.05) is 48.5 Å². The Labute approximate surface area is 146 Å². The summed E-state index contributed by atoms with van der Waals surface area (Å²) in [4.78, 5) is 24.6. The van der Waals surface area contributed by atoms with Gasteiger partial charge >= 0.3 is 6.09 Å². The first-order valence-corrected chi connectivity index (χ1v) is 8.15. The van der Waals surface area contributed by atoms with Crippen molar-refractivity contribution in [3.63, 3.8) is 0 Å². The van der Waals surface area contributed by atoms with Crippen LogP contribution in [0.5, 0.6) is 0 Å². The third-order valence-electron chi connectivity index (χ3n) is 4.53. The number of benzene rings is 2. The number of hydrogen-bond acceptors (Lipinski definition) is 3. The highest BCUT2D eigenvalue weighted by molar-refractivity contribution is 6.64. The Morgan fingerprint density at radius 3 is 2.08 bits per heavy atom. The van der Waals surface area contributed by atoms with Crippen LogP contribution in [-0.2, 0) is 9.53 Å². The highest BCUT2D eigenvalue weighted by atomic mass is 35.5. The number of nitrogens with zero attached hydrogens (tertiary/aromatic N) is 1. The van der Waals surface area contributed by atoms with Gasteiger partial charge < -0.3 is 9.64 Å². The first-order valence-electron chi connectivity index (χ1n) is 7.78. The van der Waals surface area contributed by atoms with Gasteiger partial charge in [-0.2, -0.15) is 0 Å². The van der Waals surface area contributed by atoms with Crippen molar-refractivity contribution >= 4 is 22.9 Å². The number of ether oxygens (including phenoxy) is 1. The minimum Gasteiger partial charge on any atom is -0.448 e. The zero-order valence-corrected chi connectivity index (χ0v) is 14.3. The average Bonchev–Trinajstić information content (AvgIpc) is 2.92. The molecular formula is C19H18ClNO3. The van der Waals surface area contributed by atoms with E-state index in [4.69, 9.17) is 16.3 Å². The van der Waals surface area contributed by atoms with Crippen LogP contribution in [0.25, 0.3) is 11.1 Å². The van der Waals surface area contributed by atoms with Gasteiger partial charge in [-0.05, 0) is 40.8 Å². The quantitative estimate of drug-likeness (QED) is 0.788. The summed E-state index contributed by atoms with van der Waals surface area (Å²) in [5.41, 5.74) is 4.64. The van der Waals surface area contributed by atoms with Crippen molar-refractivity contribution in [2.75, 3.05) is 13.7 Å². The fourth-order valence-electron chi connectivity index (χ4n) is 3.01. The number of fused-ring (bicyclic) bond motifs is 3. The lowest BCUT2D eigenvalue weighted by atomic mass is 9.98. The van der Waals surface area contributed by atoms with Crippen LogP contribution in [0, 0.1) is 0 Å². The number of hydrogen-bond donors (Lipinski definition) is 0. The zero-order chi connectivity index (χ0) is 17.3. The minimum atomic E-state index is -0.720. The van der Waals surface area contributed by atoms with Gasteiger partial charge in [0.1, 0.15) is 12.6 Å². The lowest BCUT2D eigenvalue weighted by Gasteiger charge is -2.22. The van der Waals surface area contributed by atoms with Crippen LogP contribution in [0.3, 0.4) is 0 Å². The highest BCUT2D eigenvalue weighted by Crippen LogP contribution is 2.44. The van der Waals surface area contributed by atoms with E-state index in [1.54, 1.807) is 6.92 Å². The van der Waals surface area contributed by atoms with Crippen LogP contribution in [0.15, 0.2) is 48.5 Å². The Kier molecular flexibility index (Phi) is 4.58. The van der Waals surface area contributed by atoms with Gasteiger partial charge in [0.15, 0.2) is 0 Å². The first kappa shape index (κ1) is 16.5. The van der Waals surface area contributed by atoms with E-state index in [-0.39, 0.29) is 12.5 Å². The number of halogens is 1. The van der Waals surface area contributed by atoms with E-state index in [1.165, 1.54) is 23.1 Å². The minimum absolute atomic E-state index is 0.00300. The van der Waals surface area contributed by atoms with Crippen LogP contribution >= 0.6 is 11.6 Å². The van der Waals surface area contributed by atoms with Crippen LogP contribution in [-0.4, -0.2) is 35.9 Å². The number of carbonyl (C=O) groups excluding carboxylic acids is 2. The van der Waals surface area contributed by atoms with E-state index in [9.17, 15) is 9.59 Å². The van der Waals surface area contributed by atoms with E-state index in [0.29, 0.717) is 0 Å². The van der Waals surface area contributed by atoms with Crippen molar-refractivity contribution in [2.24, 2.45) is 0 Å². The molecule has 0 bridgehead atoms. The summed E-state index contributed by atoms with van der Waals surface area (Å²) in [5, 5.41) is -0.592. The molecule has 124 valence electrons. The van der Waals surface area contributed by atoms with Gasteiger partial charge in [-0.15, -0.1) is 0 Å². The second-order valence-electron chi connectivity index (χ2n) is 5.89. The molecule has 3 rings (SSSR count). The molecule has 0 radical (unpaired) electrons. The molecule has 2 aromatic rings. The Hall–Kier alpha value is -2.33. The SMILES string of the molecule is C[C@@H](C(=O)Cl)N(C)C(=O)OCC1c2ccccc2-c2ccccc21. The molecule has 0 unspecified atom stereocenters. The molecule has 0 aromatic heterocycles. The molecule has 0 heterocycles. The Balaban J connectivity index is 1.79. The number of rotatable bonds is 4. The van der Waals surface area contributed by atoms with E-state index in [2.05, 4.69) is 24.3 Å². The van der Waals surface area contributed by atoms with Gasteiger partial charge in [0, 0.05) is 13.0 Å². The smallest absolute Gasteiger partial charge is 0.410 e. The maximum absolute atomic E-state index is 12.2. The molecule has 24 heavy (non-hydrogen) atoms. The summed E-state index contributed by atoms with van der Waals surface area (Å²) in [6.45, 7) is 1.79. The van der Waals surface area contributed by atoms with Crippen LogP contribution in [0.2, 0.25) is 0 Å². The van der Waals surface area contributed by atoms with Crippen molar-refractivity contribution < 1.29 is 14.3 Å². The summed E-state index contributed by atoms with van der Waals surface area (Å²) in [5.74, 6) is -0.00300. The standard InChI is InChI=1S/C19H18ClNO3/c1-12(18(20)22)21(2)19(23)24-11-17-15-9-5-3-7-13(15)14-8-4-6-10-16(14)17/h3-10,12,17H,11H2,1-2H3/t12-/m0/s1. The molecule has 0 saturated heterocycles. The third-order valence-corrected chi connectivity index (χ3v) is 4.85. The number of carbonyl (C=O) groups is 2. The lowest BCUT2D eigenvalue weighted by molar-refractivity contribution is -0.115. The maximum Gasteiger partial charge on any atom is 0.410 e. The number of amides is 1. The average molecular weight is 344 g/mol. The fraction of sp³-hybridized carbons (Fsp3) is 0.263. The molecule has 1 aliphatic rings. The number of likely N-dealkylation sites (N-methyl/N-ethyl adjacent to an activating group) is 1. The molecule has 0 saturated carbocycles. The van der Waals surface area contributed by atoms with Crippen molar-refractivity contribution in [1.29, 1.82) is 0 Å². The first-order chi connectivity index (χ1) is 11.5. The van der Waals surface area contributed by atoms with Gasteiger partial charge in [-0.3, -0.25) is 4.79 Å². The van der Waals surface area contributed by atoms with Crippen LogP contribution < -0.4 is 0 Å². The monoisotopic (exact) mass is 343 g/mol. The van der Waals surface area contributed by atoms with Crippen LogP contribution in [0.1, 0.15) is 24.0 Å². The Morgan fingerprint density at radius 2 is 1.58 bits per heavy atom.